The van der Waals surface area contributed by atoms with Gasteiger partial charge in [-0.05, 0) is 54.7 Å². The zero-order valence-corrected chi connectivity index (χ0v) is 12.2. The molecule has 106 valence electrons. The van der Waals surface area contributed by atoms with E-state index in [9.17, 15) is 4.79 Å². The van der Waals surface area contributed by atoms with Crippen LogP contribution in [0.15, 0.2) is 48.5 Å². The third kappa shape index (κ3) is 4.98. The fraction of sp³-hybridized carbons (Fsp3) is 0.167. The summed E-state index contributed by atoms with van der Waals surface area (Å²) < 4.78 is 0. The Morgan fingerprint density at radius 2 is 1.76 bits per heavy atom. The van der Waals surface area contributed by atoms with Crippen molar-refractivity contribution in [3.05, 3.63) is 70.2 Å². The van der Waals surface area contributed by atoms with Crippen LogP contribution >= 0.6 is 11.6 Å². The maximum absolute atomic E-state index is 10.00. The van der Waals surface area contributed by atoms with Crippen LogP contribution in [0.3, 0.4) is 0 Å². The van der Waals surface area contributed by atoms with Crippen molar-refractivity contribution in [2.75, 3.05) is 0 Å². The molecule has 0 fully saturated rings. The second kappa shape index (κ2) is 7.52. The van der Waals surface area contributed by atoms with Gasteiger partial charge in [0, 0.05) is 16.5 Å². The third-order valence-corrected chi connectivity index (χ3v) is 3.38. The summed E-state index contributed by atoms with van der Waals surface area (Å²) in [4.78, 5) is 10.00. The molecule has 2 aromatic rings. The zero-order chi connectivity index (χ0) is 15.1. The van der Waals surface area contributed by atoms with E-state index in [1.54, 1.807) is 12.1 Å². The topological polar surface area (TPSA) is 37.3 Å². The van der Waals surface area contributed by atoms with Gasteiger partial charge < -0.3 is 5.11 Å². The molecule has 0 amide bonds. The first-order valence-corrected chi connectivity index (χ1v) is 7.10. The minimum atomic E-state index is -1.10. The molecule has 0 atom stereocenters. The standard InChI is InChI=1S/C9H9Cl.C9H6O2/c10-9-5-4-7-2-1-3-8(7)6-9;10-9(11)7-6-8-4-2-1-3-5-8/h4-6H,1-3H2;1-5H,(H,10,11). The van der Waals surface area contributed by atoms with Crippen molar-refractivity contribution < 1.29 is 9.90 Å². The summed E-state index contributed by atoms with van der Waals surface area (Å²) >= 11 is 5.82. The third-order valence-electron chi connectivity index (χ3n) is 3.15. The Morgan fingerprint density at radius 3 is 2.48 bits per heavy atom. The van der Waals surface area contributed by atoms with Crippen LogP contribution in [0.25, 0.3) is 0 Å². The molecule has 0 spiro atoms. The minimum Gasteiger partial charge on any atom is -0.472 e. The van der Waals surface area contributed by atoms with Crippen molar-refractivity contribution in [2.24, 2.45) is 0 Å². The van der Waals surface area contributed by atoms with Gasteiger partial charge in [0.25, 0.3) is 0 Å². The quantitative estimate of drug-likeness (QED) is 0.748. The molecule has 0 unspecified atom stereocenters. The number of carbonyl (C=O) groups is 1. The number of fused-ring (bicyclic) bond motifs is 1. The fourth-order valence-corrected chi connectivity index (χ4v) is 2.38. The number of carboxylic acid groups (broad SMARTS) is 1. The molecule has 1 aliphatic rings. The highest BCUT2D eigenvalue weighted by molar-refractivity contribution is 6.30. The van der Waals surface area contributed by atoms with Crippen LogP contribution in [0.2, 0.25) is 5.02 Å². The second-order valence-corrected chi connectivity index (χ2v) is 5.12. The molecular formula is C18H15ClO2. The maximum atomic E-state index is 10.00. The average molecular weight is 299 g/mol. The van der Waals surface area contributed by atoms with Crippen LogP contribution in [-0.4, -0.2) is 11.1 Å². The maximum Gasteiger partial charge on any atom is 0.382 e. The first-order chi connectivity index (χ1) is 10.1. The van der Waals surface area contributed by atoms with Crippen LogP contribution in [0.5, 0.6) is 0 Å². The van der Waals surface area contributed by atoms with Gasteiger partial charge in [0.2, 0.25) is 0 Å². The largest absolute Gasteiger partial charge is 0.472 e. The highest BCUT2D eigenvalue weighted by Gasteiger charge is 2.09. The summed E-state index contributed by atoms with van der Waals surface area (Å²) in [7, 11) is 0. The molecule has 0 radical (unpaired) electrons. The molecule has 1 aliphatic carbocycles. The number of carboxylic acids is 1. The number of halogens is 1. The van der Waals surface area contributed by atoms with Gasteiger partial charge in [0.05, 0.1) is 0 Å². The molecule has 1 N–H and O–H groups in total. The molecule has 0 aromatic heterocycles. The van der Waals surface area contributed by atoms with E-state index >= 15 is 0 Å². The molecule has 2 aromatic carbocycles. The van der Waals surface area contributed by atoms with Gasteiger partial charge in [0.1, 0.15) is 0 Å². The lowest BCUT2D eigenvalue weighted by Gasteiger charge is -1.96. The summed E-state index contributed by atoms with van der Waals surface area (Å²) in [5.74, 6) is 3.42. The van der Waals surface area contributed by atoms with E-state index in [0.717, 1.165) is 10.6 Å². The van der Waals surface area contributed by atoms with E-state index in [0.29, 0.717) is 0 Å². The van der Waals surface area contributed by atoms with Gasteiger partial charge in [-0.3, -0.25) is 0 Å². The van der Waals surface area contributed by atoms with Gasteiger partial charge in [-0.15, -0.1) is 0 Å². The lowest BCUT2D eigenvalue weighted by molar-refractivity contribution is -0.130. The highest BCUT2D eigenvalue weighted by Crippen LogP contribution is 2.24. The molecule has 3 heteroatoms. The van der Waals surface area contributed by atoms with Gasteiger partial charge in [-0.25, -0.2) is 4.79 Å². The van der Waals surface area contributed by atoms with Crippen molar-refractivity contribution >= 4 is 17.6 Å². The van der Waals surface area contributed by atoms with Gasteiger partial charge in [0.15, 0.2) is 0 Å². The summed E-state index contributed by atoms with van der Waals surface area (Å²) in [6.45, 7) is 0. The van der Waals surface area contributed by atoms with Crippen molar-refractivity contribution in [3.63, 3.8) is 0 Å². The number of hydrogen-bond donors (Lipinski definition) is 1. The Morgan fingerprint density at radius 1 is 1.05 bits per heavy atom. The normalized spacial score (nSPS) is 11.5. The first-order valence-electron chi connectivity index (χ1n) is 6.72. The Bertz CT molecular complexity index is 681. The zero-order valence-electron chi connectivity index (χ0n) is 11.5. The molecule has 21 heavy (non-hydrogen) atoms. The molecular weight excluding hydrogens is 284 g/mol. The van der Waals surface area contributed by atoms with Crippen molar-refractivity contribution in [1.29, 1.82) is 0 Å². The lowest BCUT2D eigenvalue weighted by Crippen LogP contribution is -1.86. The van der Waals surface area contributed by atoms with Crippen molar-refractivity contribution in [2.45, 2.75) is 19.3 Å². The Labute approximate surface area is 129 Å². The van der Waals surface area contributed by atoms with Crippen LogP contribution in [-0.2, 0) is 17.6 Å². The second-order valence-electron chi connectivity index (χ2n) is 4.69. The Kier molecular flexibility index (Phi) is 5.43. The smallest absolute Gasteiger partial charge is 0.382 e. The predicted molar refractivity (Wildman–Crippen MR) is 84.4 cm³/mol. The number of benzene rings is 2. The van der Waals surface area contributed by atoms with E-state index < -0.39 is 5.97 Å². The summed E-state index contributed by atoms with van der Waals surface area (Å²) in [6.07, 6.45) is 3.76. The minimum absolute atomic E-state index is 0.718. The molecule has 0 heterocycles. The van der Waals surface area contributed by atoms with E-state index in [1.165, 1.54) is 30.4 Å². The van der Waals surface area contributed by atoms with Gasteiger partial charge >= 0.3 is 5.97 Å². The summed E-state index contributed by atoms with van der Waals surface area (Å²) in [5.41, 5.74) is 3.66. The van der Waals surface area contributed by atoms with Crippen LogP contribution in [0.1, 0.15) is 23.1 Å². The predicted octanol–water partition coefficient (Wildman–Crippen LogP) is 3.95. The van der Waals surface area contributed by atoms with E-state index in [4.69, 9.17) is 16.7 Å². The van der Waals surface area contributed by atoms with Crippen LogP contribution in [0.4, 0.5) is 0 Å². The van der Waals surface area contributed by atoms with E-state index in [1.807, 2.05) is 30.2 Å². The number of hydrogen-bond acceptors (Lipinski definition) is 1. The molecule has 2 nitrogen and oxygen atoms in total. The molecule has 0 saturated carbocycles. The molecule has 3 rings (SSSR count). The van der Waals surface area contributed by atoms with E-state index in [-0.39, 0.29) is 0 Å². The monoisotopic (exact) mass is 298 g/mol. The fourth-order valence-electron chi connectivity index (χ4n) is 2.19. The number of aryl methyl sites for hydroxylation is 2. The van der Waals surface area contributed by atoms with Gasteiger partial charge in [-0.2, -0.15) is 0 Å². The Hall–Kier alpha value is -2.24. The van der Waals surface area contributed by atoms with E-state index in [2.05, 4.69) is 18.1 Å². The Balaban J connectivity index is 0.000000154. The molecule has 0 bridgehead atoms. The summed E-state index contributed by atoms with van der Waals surface area (Å²) in [5, 5.41) is 9.08. The highest BCUT2D eigenvalue weighted by atomic mass is 35.5. The number of rotatable bonds is 0. The lowest BCUT2D eigenvalue weighted by atomic mass is 10.1. The summed E-state index contributed by atoms with van der Waals surface area (Å²) in [6, 6.07) is 15.2. The first kappa shape index (κ1) is 15.2. The average Bonchev–Trinajstić information content (AvgIpc) is 2.94. The van der Waals surface area contributed by atoms with Crippen molar-refractivity contribution in [1.82, 2.24) is 0 Å². The SMILES string of the molecule is Clc1ccc2c(c1)CCC2.O=C(O)C#Cc1ccccc1. The van der Waals surface area contributed by atoms with Gasteiger partial charge in [-0.1, -0.05) is 41.8 Å². The molecule has 0 saturated heterocycles. The van der Waals surface area contributed by atoms with Crippen molar-refractivity contribution in [3.8, 4) is 11.8 Å². The number of aliphatic carboxylic acids is 1. The molecule has 0 aliphatic heterocycles. The van der Waals surface area contributed by atoms with Crippen LogP contribution < -0.4 is 0 Å². The van der Waals surface area contributed by atoms with Crippen LogP contribution in [0, 0.1) is 11.8 Å².